The van der Waals surface area contributed by atoms with Crippen molar-refractivity contribution in [1.82, 2.24) is 10.6 Å². The lowest BCUT2D eigenvalue weighted by Gasteiger charge is -2.15. The molecular formula is C19H27Cl3N2O3. The lowest BCUT2D eigenvalue weighted by molar-refractivity contribution is 0.284. The quantitative estimate of drug-likeness (QED) is 0.470. The summed E-state index contributed by atoms with van der Waals surface area (Å²) in [4.78, 5) is 0. The van der Waals surface area contributed by atoms with Crippen LogP contribution in [0, 0.1) is 0 Å². The van der Waals surface area contributed by atoms with Gasteiger partial charge < -0.3 is 25.2 Å². The number of aliphatic hydroxyl groups excluding tert-OH is 1. The molecule has 27 heavy (non-hydrogen) atoms. The number of aliphatic hydroxyl groups is 1. The molecule has 0 radical (unpaired) electrons. The third-order valence-electron chi connectivity index (χ3n) is 3.61. The molecule has 0 heterocycles. The highest BCUT2D eigenvalue weighted by atomic mass is 35.5. The van der Waals surface area contributed by atoms with Crippen molar-refractivity contribution in [3.8, 4) is 11.5 Å². The number of nitrogens with one attached hydrogen (secondary N) is 2. The molecule has 0 atom stereocenters. The van der Waals surface area contributed by atoms with E-state index in [9.17, 15) is 0 Å². The van der Waals surface area contributed by atoms with Crippen molar-refractivity contribution < 1.29 is 14.6 Å². The first kappa shape index (κ1) is 25.8. The van der Waals surface area contributed by atoms with E-state index in [2.05, 4.69) is 10.6 Å². The predicted molar refractivity (Wildman–Crippen MR) is 115 cm³/mol. The van der Waals surface area contributed by atoms with E-state index in [4.69, 9.17) is 26.2 Å². The summed E-state index contributed by atoms with van der Waals surface area (Å²) in [5.74, 6) is 1.18. The zero-order valence-electron chi connectivity index (χ0n) is 15.2. The Bertz CT molecular complexity index is 646. The fourth-order valence-corrected chi connectivity index (χ4v) is 2.65. The predicted octanol–water partition coefficient (Wildman–Crippen LogP) is 3.44. The number of hydrogen-bond acceptors (Lipinski definition) is 5. The molecule has 3 N–H and O–H groups in total. The summed E-state index contributed by atoms with van der Waals surface area (Å²) in [7, 11) is 1.61. The minimum atomic E-state index is 0. The van der Waals surface area contributed by atoms with Gasteiger partial charge in [0, 0.05) is 26.2 Å². The van der Waals surface area contributed by atoms with Crippen LogP contribution in [0.1, 0.15) is 11.1 Å². The maximum absolute atomic E-state index is 8.71. The van der Waals surface area contributed by atoms with E-state index in [1.165, 1.54) is 0 Å². The summed E-state index contributed by atoms with van der Waals surface area (Å²) < 4.78 is 11.3. The van der Waals surface area contributed by atoms with Crippen molar-refractivity contribution in [2.45, 2.75) is 13.2 Å². The molecule has 2 rings (SSSR count). The second-order valence-electron chi connectivity index (χ2n) is 5.53. The molecule has 0 unspecified atom stereocenters. The molecule has 5 nitrogen and oxygen atoms in total. The average Bonchev–Trinajstić information content (AvgIpc) is 2.64. The molecule has 2 aromatic rings. The molecule has 0 amide bonds. The Kier molecular flexibility index (Phi) is 14.1. The third-order valence-corrected chi connectivity index (χ3v) is 3.89. The second kappa shape index (κ2) is 14.8. The molecule has 152 valence electrons. The van der Waals surface area contributed by atoms with Gasteiger partial charge >= 0.3 is 0 Å². The van der Waals surface area contributed by atoms with E-state index in [-0.39, 0.29) is 31.4 Å². The van der Waals surface area contributed by atoms with Crippen LogP contribution in [-0.2, 0) is 13.2 Å². The van der Waals surface area contributed by atoms with Crippen LogP contribution in [0.15, 0.2) is 42.5 Å². The van der Waals surface area contributed by atoms with Gasteiger partial charge in [0.05, 0.1) is 18.7 Å². The SMILES string of the molecule is COc1cc(CNCCNCCO)cc(Cl)c1OCc1ccccc1.Cl.Cl. The van der Waals surface area contributed by atoms with Crippen molar-refractivity contribution in [2.75, 3.05) is 33.4 Å². The van der Waals surface area contributed by atoms with Gasteiger partial charge in [-0.15, -0.1) is 24.8 Å². The Morgan fingerprint density at radius 1 is 0.963 bits per heavy atom. The minimum absolute atomic E-state index is 0. The van der Waals surface area contributed by atoms with Crippen molar-refractivity contribution in [1.29, 1.82) is 0 Å². The summed E-state index contributed by atoms with van der Waals surface area (Å²) in [6, 6.07) is 13.7. The van der Waals surface area contributed by atoms with Crippen LogP contribution in [0.4, 0.5) is 0 Å². The highest BCUT2D eigenvalue weighted by Gasteiger charge is 2.12. The van der Waals surface area contributed by atoms with Gasteiger partial charge in [0.25, 0.3) is 0 Å². The summed E-state index contributed by atoms with van der Waals surface area (Å²) in [6.07, 6.45) is 0. The Hall–Kier alpha value is -1.21. The molecule has 0 spiro atoms. The van der Waals surface area contributed by atoms with Crippen LogP contribution >= 0.6 is 36.4 Å². The molecule has 0 saturated carbocycles. The van der Waals surface area contributed by atoms with Crippen LogP contribution in [0.5, 0.6) is 11.5 Å². The van der Waals surface area contributed by atoms with Gasteiger partial charge in [-0.25, -0.2) is 0 Å². The zero-order chi connectivity index (χ0) is 17.9. The minimum Gasteiger partial charge on any atom is -0.493 e. The van der Waals surface area contributed by atoms with Crippen molar-refractivity contribution in [3.63, 3.8) is 0 Å². The third kappa shape index (κ3) is 9.02. The molecule has 0 saturated heterocycles. The number of halogens is 3. The number of ether oxygens (including phenoxy) is 2. The van der Waals surface area contributed by atoms with Crippen LogP contribution in [-0.4, -0.2) is 38.5 Å². The molecule has 2 aromatic carbocycles. The lowest BCUT2D eigenvalue weighted by atomic mass is 10.2. The van der Waals surface area contributed by atoms with Crippen LogP contribution < -0.4 is 20.1 Å². The topological polar surface area (TPSA) is 62.8 Å². The van der Waals surface area contributed by atoms with E-state index in [0.717, 1.165) is 24.2 Å². The first-order valence-electron chi connectivity index (χ1n) is 8.30. The number of benzene rings is 2. The van der Waals surface area contributed by atoms with E-state index in [1.807, 2.05) is 42.5 Å². The van der Waals surface area contributed by atoms with Crippen molar-refractivity contribution >= 4 is 36.4 Å². The van der Waals surface area contributed by atoms with Crippen LogP contribution in [0.3, 0.4) is 0 Å². The highest BCUT2D eigenvalue weighted by molar-refractivity contribution is 6.32. The first-order chi connectivity index (χ1) is 12.2. The summed E-state index contributed by atoms with van der Waals surface area (Å²) in [5, 5.41) is 15.7. The summed E-state index contributed by atoms with van der Waals surface area (Å²) in [6.45, 7) is 3.46. The Morgan fingerprint density at radius 2 is 1.67 bits per heavy atom. The standard InChI is InChI=1S/C19H25ClN2O3.2ClH/c1-24-18-12-16(13-22-8-7-21-9-10-23)11-17(20)19(18)25-14-15-5-3-2-4-6-15;;/h2-6,11-12,21-23H,7-10,13-14H2,1H3;2*1H. The molecule has 0 aliphatic carbocycles. The maximum atomic E-state index is 8.71. The van der Waals surface area contributed by atoms with Crippen LogP contribution in [0.2, 0.25) is 5.02 Å². The van der Waals surface area contributed by atoms with Crippen molar-refractivity contribution in [3.05, 3.63) is 58.6 Å². The molecular weight excluding hydrogens is 411 g/mol. The van der Waals surface area contributed by atoms with Crippen LogP contribution in [0.25, 0.3) is 0 Å². The molecule has 0 bridgehead atoms. The Labute approximate surface area is 178 Å². The summed E-state index contributed by atoms with van der Waals surface area (Å²) >= 11 is 6.39. The van der Waals surface area contributed by atoms with Gasteiger partial charge in [0.15, 0.2) is 11.5 Å². The van der Waals surface area contributed by atoms with Gasteiger partial charge in [-0.3, -0.25) is 0 Å². The Morgan fingerprint density at radius 3 is 2.33 bits per heavy atom. The largest absolute Gasteiger partial charge is 0.493 e. The van der Waals surface area contributed by atoms with Gasteiger partial charge in [-0.1, -0.05) is 41.9 Å². The average molecular weight is 438 g/mol. The fourth-order valence-electron chi connectivity index (χ4n) is 2.36. The van der Waals surface area contributed by atoms with Crippen molar-refractivity contribution in [2.24, 2.45) is 0 Å². The molecule has 8 heteroatoms. The Balaban J connectivity index is 0.00000338. The monoisotopic (exact) mass is 436 g/mol. The lowest BCUT2D eigenvalue weighted by Crippen LogP contribution is -2.28. The second-order valence-corrected chi connectivity index (χ2v) is 5.94. The van der Waals surface area contributed by atoms with E-state index in [1.54, 1.807) is 7.11 Å². The van der Waals surface area contributed by atoms with Gasteiger partial charge in [-0.05, 0) is 23.3 Å². The zero-order valence-corrected chi connectivity index (χ0v) is 17.6. The van der Waals surface area contributed by atoms with Gasteiger partial charge in [0.1, 0.15) is 6.61 Å². The smallest absolute Gasteiger partial charge is 0.180 e. The van der Waals surface area contributed by atoms with E-state index >= 15 is 0 Å². The van der Waals surface area contributed by atoms with E-state index in [0.29, 0.717) is 36.2 Å². The highest BCUT2D eigenvalue weighted by Crippen LogP contribution is 2.36. The number of methoxy groups -OCH3 is 1. The first-order valence-corrected chi connectivity index (χ1v) is 8.68. The van der Waals surface area contributed by atoms with E-state index < -0.39 is 0 Å². The summed E-state index contributed by atoms with van der Waals surface area (Å²) in [5.41, 5.74) is 2.10. The molecule has 0 aromatic heterocycles. The maximum Gasteiger partial charge on any atom is 0.180 e. The molecule has 0 aliphatic heterocycles. The van der Waals surface area contributed by atoms with Gasteiger partial charge in [0.2, 0.25) is 0 Å². The molecule has 0 fully saturated rings. The number of hydrogen-bond donors (Lipinski definition) is 3. The normalized spacial score (nSPS) is 9.89. The fraction of sp³-hybridized carbons (Fsp3) is 0.368. The molecule has 0 aliphatic rings. The van der Waals surface area contributed by atoms with Gasteiger partial charge in [-0.2, -0.15) is 0 Å². The number of rotatable bonds is 11.